The summed E-state index contributed by atoms with van der Waals surface area (Å²) in [5.41, 5.74) is 0. The Balaban J connectivity index is 2.14. The van der Waals surface area contributed by atoms with Gasteiger partial charge >= 0.3 is 0 Å². The van der Waals surface area contributed by atoms with Gasteiger partial charge in [0.1, 0.15) is 17.5 Å². The number of aliphatic hydroxyl groups excluding tert-OH is 1. The molecule has 0 spiro atoms. The molecule has 5 nitrogen and oxygen atoms in total. The number of piperidine rings is 1. The third kappa shape index (κ3) is 3.32. The van der Waals surface area contributed by atoms with E-state index in [1.807, 2.05) is 13.0 Å². The summed E-state index contributed by atoms with van der Waals surface area (Å²) >= 11 is 0. The highest BCUT2D eigenvalue weighted by molar-refractivity contribution is 5.50. The van der Waals surface area contributed by atoms with E-state index in [9.17, 15) is 5.11 Å². The van der Waals surface area contributed by atoms with Gasteiger partial charge in [0.2, 0.25) is 0 Å². The van der Waals surface area contributed by atoms with Crippen LogP contribution in [0.4, 0.5) is 11.6 Å². The van der Waals surface area contributed by atoms with Gasteiger partial charge < -0.3 is 15.3 Å². The van der Waals surface area contributed by atoms with Crippen LogP contribution in [0.1, 0.15) is 32.5 Å². The molecule has 2 rings (SSSR count). The SMILES string of the molecule is Cc1nc(NC(C)C)cc(N2CCC(O)CC2)n1. The topological polar surface area (TPSA) is 61.3 Å². The minimum Gasteiger partial charge on any atom is -0.393 e. The first-order chi connectivity index (χ1) is 8.54. The molecule has 0 unspecified atom stereocenters. The van der Waals surface area contributed by atoms with E-state index in [4.69, 9.17) is 0 Å². The smallest absolute Gasteiger partial charge is 0.134 e. The fraction of sp³-hybridized carbons (Fsp3) is 0.692. The van der Waals surface area contributed by atoms with Crippen LogP contribution >= 0.6 is 0 Å². The van der Waals surface area contributed by atoms with Crippen LogP contribution < -0.4 is 10.2 Å². The lowest BCUT2D eigenvalue weighted by Gasteiger charge is -2.30. The average Bonchev–Trinajstić information content (AvgIpc) is 2.28. The van der Waals surface area contributed by atoms with E-state index < -0.39 is 0 Å². The van der Waals surface area contributed by atoms with Crippen molar-refractivity contribution in [2.75, 3.05) is 23.3 Å². The molecule has 2 N–H and O–H groups in total. The number of hydrogen-bond acceptors (Lipinski definition) is 5. The summed E-state index contributed by atoms with van der Waals surface area (Å²) in [6.07, 6.45) is 1.48. The Morgan fingerprint density at radius 3 is 2.61 bits per heavy atom. The first-order valence-electron chi connectivity index (χ1n) is 6.60. The maximum Gasteiger partial charge on any atom is 0.134 e. The summed E-state index contributed by atoms with van der Waals surface area (Å²) in [5, 5.41) is 12.8. The molecule has 0 amide bonds. The zero-order valence-corrected chi connectivity index (χ0v) is 11.3. The lowest BCUT2D eigenvalue weighted by Crippen LogP contribution is -2.36. The number of nitrogens with zero attached hydrogens (tertiary/aromatic N) is 3. The van der Waals surface area contributed by atoms with Crippen molar-refractivity contribution >= 4 is 11.6 Å². The van der Waals surface area contributed by atoms with Gasteiger partial charge in [0.05, 0.1) is 6.10 Å². The highest BCUT2D eigenvalue weighted by Gasteiger charge is 2.19. The molecule has 1 aliphatic rings. The molecule has 100 valence electrons. The predicted octanol–water partition coefficient (Wildman–Crippen LogP) is 1.57. The first kappa shape index (κ1) is 13.1. The standard InChI is InChI=1S/C13H22N4O/c1-9(2)14-12-8-13(16-10(3)15-12)17-6-4-11(18)5-7-17/h8-9,11,18H,4-7H2,1-3H3,(H,14,15,16). The highest BCUT2D eigenvalue weighted by Crippen LogP contribution is 2.20. The number of aromatic nitrogens is 2. The molecule has 2 heterocycles. The van der Waals surface area contributed by atoms with Gasteiger partial charge in [-0.15, -0.1) is 0 Å². The molecule has 0 aliphatic carbocycles. The van der Waals surface area contributed by atoms with E-state index in [1.54, 1.807) is 0 Å². The molecule has 1 aliphatic heterocycles. The molecule has 0 radical (unpaired) electrons. The van der Waals surface area contributed by atoms with E-state index in [2.05, 4.69) is 34.0 Å². The summed E-state index contributed by atoms with van der Waals surface area (Å²) in [4.78, 5) is 11.1. The van der Waals surface area contributed by atoms with Crippen molar-refractivity contribution in [3.63, 3.8) is 0 Å². The zero-order chi connectivity index (χ0) is 13.1. The monoisotopic (exact) mass is 250 g/mol. The van der Waals surface area contributed by atoms with Crippen LogP contribution in [0.15, 0.2) is 6.07 Å². The van der Waals surface area contributed by atoms with E-state index in [1.165, 1.54) is 0 Å². The largest absolute Gasteiger partial charge is 0.393 e. The van der Waals surface area contributed by atoms with Crippen molar-refractivity contribution in [2.24, 2.45) is 0 Å². The Hall–Kier alpha value is -1.36. The third-order valence-electron chi connectivity index (χ3n) is 3.05. The Morgan fingerprint density at radius 1 is 1.33 bits per heavy atom. The second kappa shape index (κ2) is 5.52. The van der Waals surface area contributed by atoms with Gasteiger partial charge in [0.15, 0.2) is 0 Å². The zero-order valence-electron chi connectivity index (χ0n) is 11.3. The summed E-state index contributed by atoms with van der Waals surface area (Å²) in [6.45, 7) is 7.81. The molecule has 1 fully saturated rings. The normalized spacial score (nSPS) is 17.3. The maximum atomic E-state index is 9.53. The fourth-order valence-electron chi connectivity index (χ4n) is 2.18. The van der Waals surface area contributed by atoms with Gasteiger partial charge in [-0.2, -0.15) is 0 Å². The van der Waals surface area contributed by atoms with Crippen molar-refractivity contribution in [1.82, 2.24) is 9.97 Å². The van der Waals surface area contributed by atoms with Crippen LogP contribution in [0.3, 0.4) is 0 Å². The molecule has 0 atom stereocenters. The molecule has 1 saturated heterocycles. The molecule has 0 saturated carbocycles. The van der Waals surface area contributed by atoms with Crippen molar-refractivity contribution in [2.45, 2.75) is 45.8 Å². The van der Waals surface area contributed by atoms with E-state index >= 15 is 0 Å². The number of aryl methyl sites for hydroxylation is 1. The lowest BCUT2D eigenvalue weighted by atomic mass is 10.1. The molecular formula is C13H22N4O. The first-order valence-corrected chi connectivity index (χ1v) is 6.60. The quantitative estimate of drug-likeness (QED) is 0.852. The molecule has 0 aromatic carbocycles. The van der Waals surface area contributed by atoms with Gasteiger partial charge in [-0.05, 0) is 33.6 Å². The number of anilines is 2. The van der Waals surface area contributed by atoms with Crippen LogP contribution in [-0.4, -0.2) is 40.3 Å². The molecule has 5 heteroatoms. The van der Waals surface area contributed by atoms with Crippen LogP contribution in [0.5, 0.6) is 0 Å². The summed E-state index contributed by atoms with van der Waals surface area (Å²) in [5.74, 6) is 2.61. The second-order valence-electron chi connectivity index (χ2n) is 5.18. The van der Waals surface area contributed by atoms with Crippen molar-refractivity contribution < 1.29 is 5.11 Å². The Labute approximate surface area is 108 Å². The number of aliphatic hydroxyl groups is 1. The van der Waals surface area contributed by atoms with Crippen LogP contribution in [0.2, 0.25) is 0 Å². The van der Waals surface area contributed by atoms with Gasteiger partial charge in [-0.3, -0.25) is 0 Å². The van der Waals surface area contributed by atoms with Crippen molar-refractivity contribution in [3.8, 4) is 0 Å². The Morgan fingerprint density at radius 2 is 2.00 bits per heavy atom. The lowest BCUT2D eigenvalue weighted by molar-refractivity contribution is 0.145. The molecular weight excluding hydrogens is 228 g/mol. The van der Waals surface area contributed by atoms with Crippen LogP contribution in [0.25, 0.3) is 0 Å². The third-order valence-corrected chi connectivity index (χ3v) is 3.05. The van der Waals surface area contributed by atoms with Crippen LogP contribution in [-0.2, 0) is 0 Å². The van der Waals surface area contributed by atoms with Crippen molar-refractivity contribution in [1.29, 1.82) is 0 Å². The molecule has 18 heavy (non-hydrogen) atoms. The summed E-state index contributed by atoms with van der Waals surface area (Å²) in [7, 11) is 0. The van der Waals surface area contributed by atoms with Gasteiger partial charge in [-0.25, -0.2) is 9.97 Å². The minimum absolute atomic E-state index is 0.155. The van der Waals surface area contributed by atoms with E-state index in [0.29, 0.717) is 6.04 Å². The predicted molar refractivity (Wildman–Crippen MR) is 73.0 cm³/mol. The van der Waals surface area contributed by atoms with Gasteiger partial charge in [-0.1, -0.05) is 0 Å². The highest BCUT2D eigenvalue weighted by atomic mass is 16.3. The molecule has 1 aromatic heterocycles. The average molecular weight is 250 g/mol. The van der Waals surface area contributed by atoms with E-state index in [0.717, 1.165) is 43.4 Å². The number of hydrogen-bond donors (Lipinski definition) is 2. The maximum absolute atomic E-state index is 9.53. The van der Waals surface area contributed by atoms with Gasteiger partial charge in [0, 0.05) is 25.2 Å². The summed E-state index contributed by atoms with van der Waals surface area (Å²) < 4.78 is 0. The van der Waals surface area contributed by atoms with Crippen molar-refractivity contribution in [3.05, 3.63) is 11.9 Å². The minimum atomic E-state index is -0.155. The number of nitrogens with one attached hydrogen (secondary N) is 1. The van der Waals surface area contributed by atoms with Crippen LogP contribution in [0, 0.1) is 6.92 Å². The van der Waals surface area contributed by atoms with Gasteiger partial charge in [0.25, 0.3) is 0 Å². The Bertz CT molecular complexity index is 400. The number of rotatable bonds is 3. The molecule has 0 bridgehead atoms. The summed E-state index contributed by atoms with van der Waals surface area (Å²) in [6, 6.07) is 2.35. The molecule has 1 aromatic rings. The van der Waals surface area contributed by atoms with E-state index in [-0.39, 0.29) is 6.10 Å². The fourth-order valence-corrected chi connectivity index (χ4v) is 2.18. The Kier molecular flexibility index (Phi) is 4.01. The second-order valence-corrected chi connectivity index (χ2v) is 5.18.